The average Bonchev–Trinajstić information content (AvgIpc) is 4.12. The molecule has 0 unspecified atom stereocenters. The number of carbonyl (C=O) groups is 2. The molecule has 2 atom stereocenters. The maximum Gasteiger partial charge on any atom is 0.234 e. The largest absolute Gasteiger partial charge is 0.368 e. The first-order chi connectivity index (χ1) is 29.2. The molecule has 0 saturated carbocycles. The molecule has 0 radical (unpaired) electrons. The third-order valence-electron chi connectivity index (χ3n) is 10.4. The maximum absolute atomic E-state index is 11.2. The van der Waals surface area contributed by atoms with Gasteiger partial charge in [0, 0.05) is 31.9 Å². The molecule has 4 aromatic carbocycles. The highest BCUT2D eigenvalue weighted by Gasteiger charge is 2.15. The van der Waals surface area contributed by atoms with Crippen molar-refractivity contribution in [2.24, 2.45) is 22.9 Å². The van der Waals surface area contributed by atoms with Gasteiger partial charge in [0.1, 0.15) is 23.7 Å². The quantitative estimate of drug-likeness (QED) is 0.110. The van der Waals surface area contributed by atoms with E-state index in [9.17, 15) is 9.59 Å². The number of amides is 2. The SMILES string of the molecule is NC(=O)[C@H](N)Cc1ccc(-n2cnc3cnc4ccc(-c5cccs5)cc4c32)cc1.NC(=O)[C@H](N)Cc1ccc(-n2cnc3cnc4ccc(-c5cccs5)cc4c32)cc1. The number of nitrogens with two attached hydrogens (primary N) is 4. The molecule has 2 amide bonds. The van der Waals surface area contributed by atoms with Gasteiger partial charge in [-0.3, -0.25) is 28.7 Å². The lowest BCUT2D eigenvalue weighted by atomic mass is 10.1. The van der Waals surface area contributed by atoms with Crippen molar-refractivity contribution in [1.29, 1.82) is 0 Å². The number of fused-ring (bicyclic) bond motifs is 6. The Morgan fingerprint density at radius 3 is 1.32 bits per heavy atom. The van der Waals surface area contributed by atoms with E-state index in [-0.39, 0.29) is 0 Å². The van der Waals surface area contributed by atoms with Crippen molar-refractivity contribution >= 4 is 78.4 Å². The highest BCUT2D eigenvalue weighted by atomic mass is 32.1. The molecule has 0 spiro atoms. The summed E-state index contributed by atoms with van der Waals surface area (Å²) in [7, 11) is 0. The van der Waals surface area contributed by atoms with E-state index in [4.69, 9.17) is 22.9 Å². The minimum absolute atomic E-state index is 0.414. The molecular weight excluding hydrogens is 789 g/mol. The number of pyridine rings is 2. The van der Waals surface area contributed by atoms with Crippen LogP contribution in [0.3, 0.4) is 0 Å². The number of hydrogen-bond donors (Lipinski definition) is 4. The molecule has 10 aromatic rings. The molecule has 296 valence electrons. The molecule has 0 saturated heterocycles. The third kappa shape index (κ3) is 7.63. The second kappa shape index (κ2) is 16.3. The smallest absolute Gasteiger partial charge is 0.234 e. The number of thiophene rings is 2. The number of nitrogens with zero attached hydrogens (tertiary/aromatic N) is 6. The fraction of sp³-hybridized carbons (Fsp3) is 0.0870. The molecule has 0 bridgehead atoms. The van der Waals surface area contributed by atoms with Crippen LogP contribution in [0.2, 0.25) is 0 Å². The van der Waals surface area contributed by atoms with Crippen molar-refractivity contribution in [3.8, 4) is 32.3 Å². The van der Waals surface area contributed by atoms with Gasteiger partial charge in [-0.05, 0) is 107 Å². The van der Waals surface area contributed by atoms with E-state index in [1.807, 2.05) is 61.2 Å². The van der Waals surface area contributed by atoms with E-state index in [0.29, 0.717) is 12.8 Å². The number of hydrogen-bond acceptors (Lipinski definition) is 10. The molecule has 60 heavy (non-hydrogen) atoms. The number of imidazole rings is 2. The normalized spacial score (nSPS) is 12.4. The molecule has 0 aliphatic carbocycles. The van der Waals surface area contributed by atoms with E-state index < -0.39 is 23.9 Å². The van der Waals surface area contributed by atoms with Crippen molar-refractivity contribution in [2.75, 3.05) is 0 Å². The van der Waals surface area contributed by atoms with E-state index >= 15 is 0 Å². The molecule has 14 heteroatoms. The number of rotatable bonds is 10. The van der Waals surface area contributed by atoms with Crippen molar-refractivity contribution in [3.05, 3.63) is 156 Å². The van der Waals surface area contributed by atoms with Crippen LogP contribution < -0.4 is 22.9 Å². The molecule has 6 heterocycles. The summed E-state index contributed by atoms with van der Waals surface area (Å²) in [5.41, 5.74) is 33.8. The Morgan fingerprint density at radius 2 is 0.950 bits per heavy atom. The first-order valence-electron chi connectivity index (χ1n) is 19.1. The Balaban J connectivity index is 0.000000154. The van der Waals surface area contributed by atoms with Crippen molar-refractivity contribution < 1.29 is 9.59 Å². The molecule has 6 aromatic heterocycles. The summed E-state index contributed by atoms with van der Waals surface area (Å²) >= 11 is 3.43. The van der Waals surface area contributed by atoms with Gasteiger partial charge < -0.3 is 22.9 Å². The summed E-state index contributed by atoms with van der Waals surface area (Å²) in [6.45, 7) is 0. The first-order valence-corrected chi connectivity index (χ1v) is 20.8. The Morgan fingerprint density at radius 1 is 0.533 bits per heavy atom. The second-order valence-electron chi connectivity index (χ2n) is 14.4. The van der Waals surface area contributed by atoms with Gasteiger partial charge in [0.2, 0.25) is 11.8 Å². The van der Waals surface area contributed by atoms with E-state index in [2.05, 4.69) is 100 Å². The van der Waals surface area contributed by atoms with Crippen LogP contribution in [-0.2, 0) is 22.4 Å². The van der Waals surface area contributed by atoms with Crippen molar-refractivity contribution in [3.63, 3.8) is 0 Å². The van der Waals surface area contributed by atoms with Crippen molar-refractivity contribution in [1.82, 2.24) is 29.1 Å². The van der Waals surface area contributed by atoms with Crippen LogP contribution in [0, 0.1) is 0 Å². The van der Waals surface area contributed by atoms with E-state index in [0.717, 1.165) is 77.5 Å². The molecule has 0 aliphatic rings. The molecule has 0 aliphatic heterocycles. The van der Waals surface area contributed by atoms with E-state index in [1.54, 1.807) is 35.1 Å². The van der Waals surface area contributed by atoms with Gasteiger partial charge in [-0.1, -0.05) is 48.5 Å². The van der Waals surface area contributed by atoms with Crippen LogP contribution in [0.5, 0.6) is 0 Å². The zero-order chi connectivity index (χ0) is 41.3. The molecule has 0 fully saturated rings. The fourth-order valence-corrected chi connectivity index (χ4v) is 8.71. The van der Waals surface area contributed by atoms with Gasteiger partial charge in [-0.15, -0.1) is 22.7 Å². The lowest BCUT2D eigenvalue weighted by molar-refractivity contribution is -0.120. The second-order valence-corrected chi connectivity index (χ2v) is 16.3. The summed E-state index contributed by atoms with van der Waals surface area (Å²) in [4.78, 5) is 43.1. The summed E-state index contributed by atoms with van der Waals surface area (Å²) in [5.74, 6) is -1.000. The summed E-state index contributed by atoms with van der Waals surface area (Å²) in [5, 5.41) is 6.26. The van der Waals surface area contributed by atoms with E-state index in [1.165, 1.54) is 9.75 Å². The average molecular weight is 827 g/mol. The predicted molar refractivity (Wildman–Crippen MR) is 241 cm³/mol. The Hall–Kier alpha value is -7.10. The highest BCUT2D eigenvalue weighted by Crippen LogP contribution is 2.33. The standard InChI is InChI=1S/2C23H19N5OS/c2*24-18(23(25)29)10-14-3-6-16(7-4-14)28-13-27-20-12-26-19-8-5-15(11-17(19)22(20)28)21-2-1-9-30-21/h2*1-9,11-13,18H,10,24H2,(H2,25,29)/t2*18-/m11/s1. The van der Waals surface area contributed by atoms with Crippen LogP contribution in [0.25, 0.3) is 76.1 Å². The number of carbonyl (C=O) groups excluding carboxylic acids is 2. The lowest BCUT2D eigenvalue weighted by Crippen LogP contribution is -2.38. The Kier molecular flexibility index (Phi) is 10.4. The van der Waals surface area contributed by atoms with Gasteiger partial charge in [-0.25, -0.2) is 9.97 Å². The summed E-state index contributed by atoms with van der Waals surface area (Å²) in [6.07, 6.45) is 8.06. The maximum atomic E-state index is 11.2. The number of aromatic nitrogens is 6. The minimum Gasteiger partial charge on any atom is -0.368 e. The zero-order valence-electron chi connectivity index (χ0n) is 32.1. The zero-order valence-corrected chi connectivity index (χ0v) is 33.7. The molecular formula is C46H38N10O2S2. The van der Waals surface area contributed by atoms with Gasteiger partial charge in [0.05, 0.1) is 46.5 Å². The Labute approximate surface area is 351 Å². The topological polar surface area (TPSA) is 200 Å². The number of benzene rings is 4. The van der Waals surface area contributed by atoms with Crippen molar-refractivity contribution in [2.45, 2.75) is 24.9 Å². The van der Waals surface area contributed by atoms with Gasteiger partial charge in [-0.2, -0.15) is 0 Å². The fourth-order valence-electron chi connectivity index (χ4n) is 7.26. The predicted octanol–water partition coefficient (Wildman–Crippen LogP) is 7.31. The molecule has 12 nitrogen and oxygen atoms in total. The van der Waals surface area contributed by atoms with Crippen LogP contribution in [-0.4, -0.2) is 53.0 Å². The minimum atomic E-state index is -0.685. The van der Waals surface area contributed by atoms with Gasteiger partial charge in [0.25, 0.3) is 0 Å². The van der Waals surface area contributed by atoms with Crippen LogP contribution in [0.4, 0.5) is 0 Å². The summed E-state index contributed by atoms with van der Waals surface area (Å²) in [6, 6.07) is 35.5. The monoisotopic (exact) mass is 826 g/mol. The summed E-state index contributed by atoms with van der Waals surface area (Å²) < 4.78 is 4.13. The van der Waals surface area contributed by atoms with Crippen LogP contribution in [0.15, 0.2) is 145 Å². The molecule has 10 rings (SSSR count). The lowest BCUT2D eigenvalue weighted by Gasteiger charge is -2.10. The van der Waals surface area contributed by atoms with Gasteiger partial charge >= 0.3 is 0 Å². The third-order valence-corrected chi connectivity index (χ3v) is 12.3. The van der Waals surface area contributed by atoms with Gasteiger partial charge in [0.15, 0.2) is 0 Å². The molecule has 8 N–H and O–H groups in total. The number of primary amides is 2. The highest BCUT2D eigenvalue weighted by molar-refractivity contribution is 7.13. The Bertz CT molecular complexity index is 2930. The van der Waals surface area contributed by atoms with Crippen LogP contribution in [0.1, 0.15) is 11.1 Å². The van der Waals surface area contributed by atoms with Crippen LogP contribution >= 0.6 is 22.7 Å². The first kappa shape index (κ1) is 38.4.